The van der Waals surface area contributed by atoms with Gasteiger partial charge in [-0.3, -0.25) is 9.59 Å². The summed E-state index contributed by atoms with van der Waals surface area (Å²) >= 11 is 12.0. The standard InChI is InChI=1S/C21H16Cl2F3N3O3/c22-12-5-6-13(15(23)9-12)17-10-27-19(32-17)8-7-18(30)29-16-4-2-1-3-14(16)20(31)28-11-21(24,25)26/h1-6,9-10H,7-8,11H2,(H,28,31)(H,29,30). The summed E-state index contributed by atoms with van der Waals surface area (Å²) < 4.78 is 42.7. The summed E-state index contributed by atoms with van der Waals surface area (Å²) in [6, 6.07) is 10.7. The van der Waals surface area contributed by atoms with Crippen molar-refractivity contribution in [3.63, 3.8) is 0 Å². The number of hydrogen-bond donors (Lipinski definition) is 2. The molecule has 1 aromatic heterocycles. The van der Waals surface area contributed by atoms with Gasteiger partial charge >= 0.3 is 6.18 Å². The van der Waals surface area contributed by atoms with Gasteiger partial charge in [0.25, 0.3) is 5.91 Å². The van der Waals surface area contributed by atoms with E-state index in [-0.39, 0.29) is 30.0 Å². The Morgan fingerprint density at radius 1 is 1.09 bits per heavy atom. The molecule has 2 N–H and O–H groups in total. The third kappa shape index (κ3) is 6.48. The minimum Gasteiger partial charge on any atom is -0.441 e. The lowest BCUT2D eigenvalue weighted by atomic mass is 10.1. The predicted molar refractivity (Wildman–Crippen MR) is 114 cm³/mol. The summed E-state index contributed by atoms with van der Waals surface area (Å²) in [5.41, 5.74) is 0.608. The Labute approximate surface area is 190 Å². The molecule has 0 aliphatic heterocycles. The van der Waals surface area contributed by atoms with Gasteiger partial charge in [-0.15, -0.1) is 0 Å². The zero-order valence-corrected chi connectivity index (χ0v) is 17.8. The maximum Gasteiger partial charge on any atom is 0.405 e. The molecule has 2 aromatic carbocycles. The summed E-state index contributed by atoms with van der Waals surface area (Å²) in [6.45, 7) is -1.47. The average molecular weight is 486 g/mol. The van der Waals surface area contributed by atoms with E-state index in [9.17, 15) is 22.8 Å². The lowest BCUT2D eigenvalue weighted by Crippen LogP contribution is -2.34. The average Bonchev–Trinajstić information content (AvgIpc) is 3.19. The minimum absolute atomic E-state index is 0.0349. The van der Waals surface area contributed by atoms with Crippen LogP contribution in [0.4, 0.5) is 18.9 Å². The number of hydrogen-bond acceptors (Lipinski definition) is 4. The second-order valence-electron chi connectivity index (χ2n) is 6.63. The number of oxazole rings is 1. The van der Waals surface area contributed by atoms with E-state index in [2.05, 4.69) is 10.3 Å². The van der Waals surface area contributed by atoms with Crippen molar-refractivity contribution in [1.82, 2.24) is 10.3 Å². The molecule has 2 amide bonds. The second-order valence-corrected chi connectivity index (χ2v) is 7.48. The van der Waals surface area contributed by atoms with E-state index < -0.39 is 24.5 Å². The number of nitrogens with zero attached hydrogens (tertiary/aromatic N) is 1. The fraction of sp³-hybridized carbons (Fsp3) is 0.190. The van der Waals surface area contributed by atoms with Crippen LogP contribution in [0, 0.1) is 0 Å². The fourth-order valence-electron chi connectivity index (χ4n) is 2.74. The maximum absolute atomic E-state index is 12.3. The van der Waals surface area contributed by atoms with E-state index in [4.69, 9.17) is 27.6 Å². The van der Waals surface area contributed by atoms with Crippen LogP contribution in [-0.4, -0.2) is 29.5 Å². The summed E-state index contributed by atoms with van der Waals surface area (Å²) in [4.78, 5) is 28.5. The highest BCUT2D eigenvalue weighted by Crippen LogP contribution is 2.31. The van der Waals surface area contributed by atoms with Crippen molar-refractivity contribution in [1.29, 1.82) is 0 Å². The number of halogens is 5. The quantitative estimate of drug-likeness (QED) is 0.461. The van der Waals surface area contributed by atoms with Crippen LogP contribution in [0.15, 0.2) is 53.1 Å². The van der Waals surface area contributed by atoms with Crippen molar-refractivity contribution in [2.45, 2.75) is 19.0 Å². The predicted octanol–water partition coefficient (Wildman–Crippen LogP) is 5.51. The molecule has 0 aliphatic rings. The Bertz CT molecular complexity index is 1130. The lowest BCUT2D eigenvalue weighted by Gasteiger charge is -2.12. The van der Waals surface area contributed by atoms with Gasteiger partial charge in [0.1, 0.15) is 6.54 Å². The minimum atomic E-state index is -4.54. The molecule has 6 nitrogen and oxygen atoms in total. The van der Waals surface area contributed by atoms with Crippen LogP contribution in [-0.2, 0) is 11.2 Å². The molecule has 32 heavy (non-hydrogen) atoms. The second kappa shape index (κ2) is 10.1. The molecule has 0 aliphatic carbocycles. The van der Waals surface area contributed by atoms with Crippen molar-refractivity contribution < 1.29 is 27.2 Å². The molecule has 0 saturated heterocycles. The van der Waals surface area contributed by atoms with E-state index in [0.29, 0.717) is 21.4 Å². The number of amides is 2. The zero-order chi connectivity index (χ0) is 23.3. The molecule has 0 unspecified atom stereocenters. The topological polar surface area (TPSA) is 84.2 Å². The zero-order valence-electron chi connectivity index (χ0n) is 16.3. The molecule has 1 heterocycles. The number of rotatable bonds is 7. The van der Waals surface area contributed by atoms with Gasteiger partial charge in [0.15, 0.2) is 11.7 Å². The number of alkyl halides is 3. The SMILES string of the molecule is O=C(CCc1ncc(-c2ccc(Cl)cc2Cl)o1)Nc1ccccc1C(=O)NCC(F)(F)F. The molecule has 0 atom stereocenters. The van der Waals surface area contributed by atoms with Crippen LogP contribution in [0.5, 0.6) is 0 Å². The summed E-state index contributed by atoms with van der Waals surface area (Å²) in [7, 11) is 0. The van der Waals surface area contributed by atoms with Crippen molar-refractivity contribution in [3.8, 4) is 11.3 Å². The molecular formula is C21H16Cl2F3N3O3. The van der Waals surface area contributed by atoms with Crippen LogP contribution in [0.2, 0.25) is 10.0 Å². The van der Waals surface area contributed by atoms with Crippen molar-refractivity contribution in [3.05, 3.63) is 70.2 Å². The normalized spacial score (nSPS) is 11.3. The van der Waals surface area contributed by atoms with Gasteiger partial charge in [-0.05, 0) is 30.3 Å². The first-order chi connectivity index (χ1) is 15.1. The number of nitrogens with one attached hydrogen (secondary N) is 2. The Morgan fingerprint density at radius 3 is 2.56 bits per heavy atom. The van der Waals surface area contributed by atoms with E-state index in [0.717, 1.165) is 0 Å². The Hall–Kier alpha value is -3.04. The first kappa shape index (κ1) is 23.6. The summed E-state index contributed by atoms with van der Waals surface area (Å²) in [5.74, 6) is -0.716. The number of carbonyl (C=O) groups is 2. The maximum atomic E-state index is 12.3. The van der Waals surface area contributed by atoms with Gasteiger partial charge in [0.2, 0.25) is 5.91 Å². The van der Waals surface area contributed by atoms with E-state index >= 15 is 0 Å². The fourth-order valence-corrected chi connectivity index (χ4v) is 3.24. The number of carbonyl (C=O) groups excluding carboxylic acids is 2. The highest BCUT2D eigenvalue weighted by atomic mass is 35.5. The van der Waals surface area contributed by atoms with E-state index in [1.165, 1.54) is 24.4 Å². The van der Waals surface area contributed by atoms with Crippen LogP contribution < -0.4 is 10.6 Å². The smallest absolute Gasteiger partial charge is 0.405 e. The first-order valence-electron chi connectivity index (χ1n) is 9.26. The lowest BCUT2D eigenvalue weighted by molar-refractivity contribution is -0.123. The van der Waals surface area contributed by atoms with Crippen LogP contribution in [0.1, 0.15) is 22.7 Å². The number of anilines is 1. The van der Waals surface area contributed by atoms with Gasteiger partial charge in [-0.25, -0.2) is 4.98 Å². The molecule has 3 aromatic rings. The molecule has 0 fully saturated rings. The molecule has 0 saturated carbocycles. The van der Waals surface area contributed by atoms with E-state index in [1.54, 1.807) is 29.6 Å². The molecule has 168 valence electrons. The number of aryl methyl sites for hydroxylation is 1. The third-order valence-electron chi connectivity index (χ3n) is 4.21. The van der Waals surface area contributed by atoms with Crippen LogP contribution in [0.25, 0.3) is 11.3 Å². The Balaban J connectivity index is 1.60. The van der Waals surface area contributed by atoms with Gasteiger partial charge in [0, 0.05) is 23.4 Å². The molecule has 0 bridgehead atoms. The molecule has 0 spiro atoms. The monoisotopic (exact) mass is 485 g/mol. The van der Waals surface area contributed by atoms with Gasteiger partial charge in [-0.2, -0.15) is 13.2 Å². The summed E-state index contributed by atoms with van der Waals surface area (Å²) in [5, 5.41) is 5.17. The highest BCUT2D eigenvalue weighted by molar-refractivity contribution is 6.36. The third-order valence-corrected chi connectivity index (χ3v) is 4.76. The number of aromatic nitrogens is 1. The molecule has 0 radical (unpaired) electrons. The van der Waals surface area contributed by atoms with Crippen molar-refractivity contribution in [2.24, 2.45) is 0 Å². The van der Waals surface area contributed by atoms with Gasteiger partial charge in [-0.1, -0.05) is 35.3 Å². The molecular weight excluding hydrogens is 470 g/mol. The molecule has 11 heteroatoms. The number of para-hydroxylation sites is 1. The van der Waals surface area contributed by atoms with Crippen LogP contribution >= 0.6 is 23.2 Å². The largest absolute Gasteiger partial charge is 0.441 e. The van der Waals surface area contributed by atoms with Gasteiger partial charge in [0.05, 0.1) is 22.5 Å². The number of benzene rings is 2. The molecule has 3 rings (SSSR count). The van der Waals surface area contributed by atoms with Crippen molar-refractivity contribution >= 4 is 40.7 Å². The van der Waals surface area contributed by atoms with Crippen LogP contribution in [0.3, 0.4) is 0 Å². The Morgan fingerprint density at radius 2 is 1.84 bits per heavy atom. The van der Waals surface area contributed by atoms with Crippen molar-refractivity contribution in [2.75, 3.05) is 11.9 Å². The highest BCUT2D eigenvalue weighted by Gasteiger charge is 2.28. The summed E-state index contributed by atoms with van der Waals surface area (Å²) in [6.07, 6.45) is -2.95. The first-order valence-corrected chi connectivity index (χ1v) is 10.0. The Kier molecular flexibility index (Phi) is 7.42. The van der Waals surface area contributed by atoms with Gasteiger partial charge < -0.3 is 15.1 Å². The van der Waals surface area contributed by atoms with E-state index in [1.807, 2.05) is 0 Å².